The van der Waals surface area contributed by atoms with E-state index in [2.05, 4.69) is 35.6 Å². The van der Waals surface area contributed by atoms with Crippen molar-refractivity contribution in [2.24, 2.45) is 10.2 Å². The summed E-state index contributed by atoms with van der Waals surface area (Å²) in [6.45, 7) is 8.34. The van der Waals surface area contributed by atoms with Gasteiger partial charge in [-0.1, -0.05) is 20.8 Å². The standard InChI is InChI=1S/C21H29N4O6PS/c1-6-31-32(28)17-13-14(24-33(5,29)30)7-8-15(17)22-19(23-32)18-16(26)9-11-25(20(18)27)12-10-21(2,3)4/h7-9,11,13,24,26H,6,10,12H2,1-5H3,(H,22,23,28). The number of rotatable bonds is 7. The highest BCUT2D eigenvalue weighted by Gasteiger charge is 2.35. The van der Waals surface area contributed by atoms with Crippen LogP contribution in [-0.4, -0.2) is 36.8 Å². The third-order valence-corrected chi connectivity index (χ3v) is 7.53. The smallest absolute Gasteiger partial charge is 0.348 e. The van der Waals surface area contributed by atoms with Crippen molar-refractivity contribution in [2.75, 3.05) is 22.9 Å². The van der Waals surface area contributed by atoms with Crippen LogP contribution in [0.4, 0.5) is 11.4 Å². The number of aromatic hydroxyl groups is 1. The maximum absolute atomic E-state index is 13.7. The number of benzene rings is 1. The molecule has 0 fully saturated rings. The lowest BCUT2D eigenvalue weighted by molar-refractivity contribution is 0.341. The van der Waals surface area contributed by atoms with Crippen molar-refractivity contribution in [3.63, 3.8) is 0 Å². The first-order chi connectivity index (χ1) is 15.2. The van der Waals surface area contributed by atoms with E-state index in [-0.39, 0.29) is 40.2 Å². The van der Waals surface area contributed by atoms with E-state index < -0.39 is 23.1 Å². The number of amidine groups is 1. The van der Waals surface area contributed by atoms with Gasteiger partial charge in [-0.25, -0.2) is 8.42 Å². The lowest BCUT2D eigenvalue weighted by Crippen LogP contribution is -2.33. The Balaban J connectivity index is 2.10. The fourth-order valence-electron chi connectivity index (χ4n) is 3.29. The molecule has 0 radical (unpaired) electrons. The Morgan fingerprint density at radius 2 is 1.97 bits per heavy atom. The summed E-state index contributed by atoms with van der Waals surface area (Å²) in [7, 11) is -7.44. The summed E-state index contributed by atoms with van der Waals surface area (Å²) in [5.74, 6) is -0.379. The Morgan fingerprint density at radius 1 is 1.27 bits per heavy atom. The minimum atomic E-state index is -3.88. The highest BCUT2D eigenvalue weighted by molar-refractivity contribution is 7.92. The fourth-order valence-corrected chi connectivity index (χ4v) is 5.65. The Kier molecular flexibility index (Phi) is 6.79. The minimum absolute atomic E-state index is 0.000578. The topological polar surface area (TPSA) is 139 Å². The molecule has 3 N–H and O–H groups in total. The zero-order valence-corrected chi connectivity index (χ0v) is 21.0. The van der Waals surface area contributed by atoms with E-state index in [9.17, 15) is 22.9 Å². The van der Waals surface area contributed by atoms with Crippen LogP contribution in [0.5, 0.6) is 5.75 Å². The quantitative estimate of drug-likeness (QED) is 0.501. The van der Waals surface area contributed by atoms with Crippen molar-refractivity contribution < 1.29 is 22.6 Å². The molecule has 2 aromatic rings. The van der Waals surface area contributed by atoms with E-state index in [0.29, 0.717) is 12.2 Å². The molecule has 10 nitrogen and oxygen atoms in total. The average Bonchev–Trinajstić information content (AvgIpc) is 2.66. The van der Waals surface area contributed by atoms with Crippen LogP contribution in [0.1, 0.15) is 39.7 Å². The molecule has 1 aliphatic heterocycles. The minimum Gasteiger partial charge on any atom is -0.507 e. The predicted octanol–water partition coefficient (Wildman–Crippen LogP) is 3.09. The van der Waals surface area contributed by atoms with Crippen molar-refractivity contribution in [3.05, 3.63) is 46.4 Å². The Hall–Kier alpha value is -2.62. The second-order valence-electron chi connectivity index (χ2n) is 9.00. The fraction of sp³-hybridized carbons (Fsp3) is 0.429. The van der Waals surface area contributed by atoms with Crippen LogP contribution in [0.3, 0.4) is 0 Å². The first-order valence-corrected chi connectivity index (χ1v) is 13.9. The van der Waals surface area contributed by atoms with Crippen molar-refractivity contribution >= 4 is 40.1 Å². The summed E-state index contributed by atoms with van der Waals surface area (Å²) in [5.41, 5.74) is -0.0643. The molecule has 2 heterocycles. The summed E-state index contributed by atoms with van der Waals surface area (Å²) in [6, 6.07) is 5.77. The number of aryl methyl sites for hydroxylation is 1. The number of nitrogens with zero attached hydrogens (tertiary/aromatic N) is 2. The lowest BCUT2D eigenvalue weighted by Gasteiger charge is -2.26. The van der Waals surface area contributed by atoms with Crippen LogP contribution in [0, 0.1) is 5.41 Å². The normalized spacial score (nSPS) is 18.3. The maximum Gasteiger partial charge on any atom is 0.348 e. The highest BCUT2D eigenvalue weighted by Crippen LogP contribution is 2.52. The van der Waals surface area contributed by atoms with Crippen molar-refractivity contribution in [1.29, 1.82) is 0 Å². The highest BCUT2D eigenvalue weighted by atomic mass is 32.2. The first-order valence-electron chi connectivity index (χ1n) is 10.4. The average molecular weight is 497 g/mol. The van der Waals surface area contributed by atoms with E-state index in [4.69, 9.17) is 4.52 Å². The van der Waals surface area contributed by atoms with E-state index in [0.717, 1.165) is 12.7 Å². The molecule has 12 heteroatoms. The predicted molar refractivity (Wildman–Crippen MR) is 130 cm³/mol. The molecular weight excluding hydrogens is 467 g/mol. The van der Waals surface area contributed by atoms with Crippen LogP contribution < -0.4 is 20.9 Å². The summed E-state index contributed by atoms with van der Waals surface area (Å²) < 4.78 is 50.4. The van der Waals surface area contributed by atoms with Gasteiger partial charge >= 0.3 is 7.52 Å². The van der Waals surface area contributed by atoms with Gasteiger partial charge in [-0.05, 0) is 43.0 Å². The third kappa shape index (κ3) is 5.85. The summed E-state index contributed by atoms with van der Waals surface area (Å²) in [5, 5.41) is 13.6. The summed E-state index contributed by atoms with van der Waals surface area (Å²) in [6.07, 6.45) is 3.24. The zero-order chi connectivity index (χ0) is 24.6. The van der Waals surface area contributed by atoms with Crippen LogP contribution >= 0.6 is 7.52 Å². The molecule has 3 rings (SSSR count). The number of pyridine rings is 1. The molecule has 1 unspecified atom stereocenters. The molecule has 33 heavy (non-hydrogen) atoms. The van der Waals surface area contributed by atoms with Gasteiger partial charge in [0.05, 0.1) is 23.9 Å². The van der Waals surface area contributed by atoms with E-state index in [1.165, 1.54) is 35.0 Å². The molecule has 1 atom stereocenters. The summed E-state index contributed by atoms with van der Waals surface area (Å²) >= 11 is 0. The molecule has 180 valence electrons. The monoisotopic (exact) mass is 496 g/mol. The van der Waals surface area contributed by atoms with E-state index in [1.807, 2.05) is 0 Å². The summed E-state index contributed by atoms with van der Waals surface area (Å²) in [4.78, 5) is 13.2. The van der Waals surface area contributed by atoms with Gasteiger partial charge in [0.2, 0.25) is 10.0 Å². The van der Waals surface area contributed by atoms with Crippen LogP contribution in [-0.2, 0) is 25.7 Å². The number of hydrogen-bond donors (Lipinski definition) is 3. The number of nitrogens with one attached hydrogen (secondary N) is 2. The first kappa shape index (κ1) is 25.0. The van der Waals surface area contributed by atoms with Gasteiger partial charge in [0.15, 0.2) is 5.84 Å². The molecule has 1 aliphatic rings. The third-order valence-electron chi connectivity index (χ3n) is 4.88. The molecule has 0 amide bonds. The van der Waals surface area contributed by atoms with Crippen LogP contribution in [0.25, 0.3) is 0 Å². The zero-order valence-electron chi connectivity index (χ0n) is 19.2. The van der Waals surface area contributed by atoms with E-state index >= 15 is 0 Å². The maximum atomic E-state index is 13.7. The Morgan fingerprint density at radius 3 is 2.58 bits per heavy atom. The SMILES string of the molecule is CCOP1(=O)N=C(c2c(O)ccn(CCC(C)(C)C)c2=O)Nc2ccc(NS(C)(=O)=O)cc21. The molecule has 0 spiro atoms. The van der Waals surface area contributed by atoms with Gasteiger partial charge in [0.25, 0.3) is 5.56 Å². The second-order valence-corrected chi connectivity index (χ2v) is 12.7. The molecule has 0 aliphatic carbocycles. The number of aromatic nitrogens is 1. The number of sulfonamides is 1. The molecule has 0 saturated carbocycles. The van der Waals surface area contributed by atoms with E-state index in [1.54, 1.807) is 6.92 Å². The van der Waals surface area contributed by atoms with Crippen molar-refractivity contribution in [1.82, 2.24) is 4.57 Å². The molecule has 1 aromatic heterocycles. The number of anilines is 2. The molecular formula is C21H29N4O6PS. The van der Waals surface area contributed by atoms with Gasteiger partial charge < -0.3 is 19.5 Å². The Bertz CT molecular complexity index is 1310. The van der Waals surface area contributed by atoms with Gasteiger partial charge in [-0.3, -0.25) is 14.1 Å². The number of fused-ring (bicyclic) bond motifs is 1. The molecule has 1 aromatic carbocycles. The Labute approximate surface area is 193 Å². The van der Waals surface area contributed by atoms with Gasteiger partial charge in [0.1, 0.15) is 11.3 Å². The van der Waals surface area contributed by atoms with Gasteiger partial charge in [0, 0.05) is 18.4 Å². The largest absolute Gasteiger partial charge is 0.507 e. The van der Waals surface area contributed by atoms with Crippen LogP contribution in [0.15, 0.2) is 40.0 Å². The molecule has 0 saturated heterocycles. The van der Waals surface area contributed by atoms with Gasteiger partial charge in [-0.2, -0.15) is 4.76 Å². The van der Waals surface area contributed by atoms with Crippen molar-refractivity contribution in [2.45, 2.75) is 40.7 Å². The molecule has 0 bridgehead atoms. The lowest BCUT2D eigenvalue weighted by atomic mass is 9.92. The van der Waals surface area contributed by atoms with Crippen molar-refractivity contribution in [3.8, 4) is 5.75 Å². The van der Waals surface area contributed by atoms with Crippen LogP contribution in [0.2, 0.25) is 0 Å². The van der Waals surface area contributed by atoms with Gasteiger partial charge in [-0.15, -0.1) is 0 Å². The second kappa shape index (κ2) is 8.96. The number of hydrogen-bond acceptors (Lipinski definition) is 7.